The van der Waals surface area contributed by atoms with Crippen LogP contribution in [0.4, 0.5) is 4.79 Å². The Morgan fingerprint density at radius 2 is 1.93 bits per heavy atom. The number of urea groups is 1. The van der Waals surface area contributed by atoms with Gasteiger partial charge >= 0.3 is 12.0 Å². The highest BCUT2D eigenvalue weighted by atomic mass is 35.5. The van der Waals surface area contributed by atoms with Crippen LogP contribution in [0.5, 0.6) is 11.5 Å². The van der Waals surface area contributed by atoms with Gasteiger partial charge in [0.25, 0.3) is 5.91 Å². The molecular weight excluding hydrogens is 388 g/mol. The molecule has 0 unspecified atom stereocenters. The van der Waals surface area contributed by atoms with E-state index in [1.807, 2.05) is 0 Å². The van der Waals surface area contributed by atoms with E-state index in [9.17, 15) is 14.4 Å². The van der Waals surface area contributed by atoms with Gasteiger partial charge in [-0.15, -0.1) is 0 Å². The Morgan fingerprint density at radius 1 is 1.18 bits per heavy atom. The van der Waals surface area contributed by atoms with Crippen LogP contribution >= 0.6 is 11.6 Å². The molecule has 3 amide bonds. The van der Waals surface area contributed by atoms with Crippen LogP contribution in [-0.2, 0) is 20.9 Å². The number of halogens is 1. The Balaban J connectivity index is 1.37. The molecule has 1 aromatic rings. The van der Waals surface area contributed by atoms with Gasteiger partial charge in [0, 0.05) is 6.42 Å². The van der Waals surface area contributed by atoms with Crippen LogP contribution < -0.4 is 14.8 Å². The van der Waals surface area contributed by atoms with Crippen molar-refractivity contribution in [3.63, 3.8) is 0 Å². The third kappa shape index (κ3) is 3.48. The smallest absolute Gasteiger partial charge is 0.326 e. The van der Waals surface area contributed by atoms with Crippen LogP contribution in [0.1, 0.15) is 37.7 Å². The van der Waals surface area contributed by atoms with Crippen LogP contribution in [0, 0.1) is 0 Å². The summed E-state index contributed by atoms with van der Waals surface area (Å²) in [6.45, 7) is 0.573. The Morgan fingerprint density at radius 3 is 2.71 bits per heavy atom. The summed E-state index contributed by atoms with van der Waals surface area (Å²) in [5.41, 5.74) is -0.203. The summed E-state index contributed by atoms with van der Waals surface area (Å²) in [6, 6.07) is 2.81. The standard InChI is InChI=1S/C19H21ClN2O6/c20-13-8-12(9-14-16(13)27-7-3-6-26-14)11-28-15(23)10-22-17(24)19(21-18(22)25)4-1-2-5-19/h8-9H,1-7,10-11H2,(H,21,25). The molecule has 3 aliphatic rings. The zero-order chi connectivity index (χ0) is 19.7. The Kier molecular flexibility index (Phi) is 5.05. The summed E-state index contributed by atoms with van der Waals surface area (Å²) in [5.74, 6) is -0.0175. The van der Waals surface area contributed by atoms with Crippen molar-refractivity contribution in [3.05, 3.63) is 22.7 Å². The highest BCUT2D eigenvalue weighted by molar-refractivity contribution is 6.32. The van der Waals surface area contributed by atoms with Gasteiger partial charge in [-0.05, 0) is 30.5 Å². The van der Waals surface area contributed by atoms with E-state index >= 15 is 0 Å². The molecule has 150 valence electrons. The topological polar surface area (TPSA) is 94.2 Å². The molecule has 28 heavy (non-hydrogen) atoms. The molecule has 0 bridgehead atoms. The van der Waals surface area contributed by atoms with Crippen molar-refractivity contribution in [1.29, 1.82) is 0 Å². The van der Waals surface area contributed by atoms with Gasteiger partial charge in [-0.1, -0.05) is 24.4 Å². The number of carbonyl (C=O) groups is 3. The monoisotopic (exact) mass is 408 g/mol. The lowest BCUT2D eigenvalue weighted by Gasteiger charge is -2.19. The van der Waals surface area contributed by atoms with Gasteiger partial charge in [-0.2, -0.15) is 0 Å². The van der Waals surface area contributed by atoms with Gasteiger partial charge in [0.2, 0.25) is 0 Å². The lowest BCUT2D eigenvalue weighted by Crippen LogP contribution is -2.44. The number of fused-ring (bicyclic) bond motifs is 1. The second-order valence-corrected chi connectivity index (χ2v) is 7.63. The summed E-state index contributed by atoms with van der Waals surface area (Å²) >= 11 is 6.23. The molecule has 1 aromatic carbocycles. The van der Waals surface area contributed by atoms with Crippen molar-refractivity contribution in [2.75, 3.05) is 19.8 Å². The van der Waals surface area contributed by atoms with Crippen LogP contribution in [0.15, 0.2) is 12.1 Å². The van der Waals surface area contributed by atoms with E-state index in [-0.39, 0.29) is 12.5 Å². The summed E-state index contributed by atoms with van der Waals surface area (Å²) in [7, 11) is 0. The molecular formula is C19H21ClN2O6. The molecule has 2 fully saturated rings. The quantitative estimate of drug-likeness (QED) is 0.607. The molecule has 4 rings (SSSR count). The minimum absolute atomic E-state index is 0.0516. The first-order valence-corrected chi connectivity index (χ1v) is 9.74. The molecule has 8 nitrogen and oxygen atoms in total. The fourth-order valence-corrected chi connectivity index (χ4v) is 4.13. The molecule has 0 aromatic heterocycles. The van der Waals surface area contributed by atoms with Gasteiger partial charge < -0.3 is 19.5 Å². The predicted octanol–water partition coefficient (Wildman–Crippen LogP) is 2.41. The van der Waals surface area contributed by atoms with Crippen molar-refractivity contribution >= 4 is 29.5 Å². The highest BCUT2D eigenvalue weighted by Crippen LogP contribution is 2.38. The number of rotatable bonds is 4. The maximum absolute atomic E-state index is 12.6. The van der Waals surface area contributed by atoms with Crippen LogP contribution in [0.25, 0.3) is 0 Å². The molecule has 0 radical (unpaired) electrons. The Labute approximate surface area is 167 Å². The van der Waals surface area contributed by atoms with Gasteiger partial charge in [-0.3, -0.25) is 14.5 Å². The van der Waals surface area contributed by atoms with Crippen LogP contribution in [0.3, 0.4) is 0 Å². The van der Waals surface area contributed by atoms with E-state index in [0.29, 0.717) is 48.1 Å². The zero-order valence-electron chi connectivity index (χ0n) is 15.3. The molecule has 1 saturated carbocycles. The summed E-state index contributed by atoms with van der Waals surface area (Å²) in [5, 5.41) is 3.12. The Bertz CT molecular complexity index is 821. The second-order valence-electron chi connectivity index (χ2n) is 7.23. The average Bonchev–Trinajstić information content (AvgIpc) is 3.11. The lowest BCUT2D eigenvalue weighted by atomic mass is 9.98. The molecule has 1 spiro atoms. The zero-order valence-corrected chi connectivity index (χ0v) is 16.0. The molecule has 0 atom stereocenters. The normalized spacial score (nSPS) is 20.2. The molecule has 2 heterocycles. The fourth-order valence-electron chi connectivity index (χ4n) is 3.84. The number of imide groups is 1. The van der Waals surface area contributed by atoms with Crippen LogP contribution in [-0.4, -0.2) is 48.1 Å². The average molecular weight is 409 g/mol. The van der Waals surface area contributed by atoms with E-state index in [1.54, 1.807) is 12.1 Å². The second kappa shape index (κ2) is 7.50. The first-order valence-electron chi connectivity index (χ1n) is 9.36. The first kappa shape index (κ1) is 18.9. The molecule has 1 saturated heterocycles. The number of esters is 1. The largest absolute Gasteiger partial charge is 0.489 e. The van der Waals surface area contributed by atoms with Gasteiger partial charge in [0.15, 0.2) is 11.5 Å². The molecule has 9 heteroatoms. The van der Waals surface area contributed by atoms with E-state index in [1.165, 1.54) is 0 Å². The number of hydrogen-bond acceptors (Lipinski definition) is 6. The van der Waals surface area contributed by atoms with E-state index in [4.69, 9.17) is 25.8 Å². The number of ether oxygens (including phenoxy) is 3. The molecule has 1 N–H and O–H groups in total. The number of carbonyl (C=O) groups excluding carboxylic acids is 3. The maximum atomic E-state index is 12.6. The SMILES string of the molecule is O=C(CN1C(=O)NC2(CCCC2)C1=O)OCc1cc(Cl)c2c(c1)OCCCO2. The van der Waals surface area contributed by atoms with Crippen molar-refractivity contribution < 1.29 is 28.6 Å². The van der Waals surface area contributed by atoms with Gasteiger partial charge in [0.1, 0.15) is 18.7 Å². The van der Waals surface area contributed by atoms with Gasteiger partial charge in [0.05, 0.1) is 18.2 Å². The van der Waals surface area contributed by atoms with Crippen molar-refractivity contribution in [3.8, 4) is 11.5 Å². The fraction of sp³-hybridized carbons (Fsp3) is 0.526. The molecule has 2 aliphatic heterocycles. The van der Waals surface area contributed by atoms with Crippen molar-refractivity contribution in [2.45, 2.75) is 44.2 Å². The number of amides is 3. The van der Waals surface area contributed by atoms with Crippen LogP contribution in [0.2, 0.25) is 5.02 Å². The number of nitrogens with one attached hydrogen (secondary N) is 1. The van der Waals surface area contributed by atoms with E-state index in [2.05, 4.69) is 5.32 Å². The number of hydrogen-bond donors (Lipinski definition) is 1. The first-order chi connectivity index (χ1) is 13.5. The Hall–Kier alpha value is -2.48. The number of benzene rings is 1. The third-order valence-electron chi connectivity index (χ3n) is 5.25. The predicted molar refractivity (Wildman–Crippen MR) is 98.3 cm³/mol. The summed E-state index contributed by atoms with van der Waals surface area (Å²) in [4.78, 5) is 37.9. The maximum Gasteiger partial charge on any atom is 0.326 e. The minimum Gasteiger partial charge on any atom is -0.489 e. The summed E-state index contributed by atoms with van der Waals surface area (Å²) in [6.07, 6.45) is 3.74. The minimum atomic E-state index is -0.834. The lowest BCUT2D eigenvalue weighted by molar-refractivity contribution is -0.148. The van der Waals surface area contributed by atoms with E-state index in [0.717, 1.165) is 24.2 Å². The van der Waals surface area contributed by atoms with Crippen molar-refractivity contribution in [1.82, 2.24) is 10.2 Å². The molecule has 1 aliphatic carbocycles. The highest BCUT2D eigenvalue weighted by Gasteiger charge is 2.52. The summed E-state index contributed by atoms with van der Waals surface area (Å²) < 4.78 is 16.4. The van der Waals surface area contributed by atoms with E-state index < -0.39 is 24.1 Å². The third-order valence-corrected chi connectivity index (χ3v) is 5.53. The van der Waals surface area contributed by atoms with Crippen molar-refractivity contribution in [2.24, 2.45) is 0 Å². The van der Waals surface area contributed by atoms with Gasteiger partial charge in [-0.25, -0.2) is 4.79 Å². The number of nitrogens with zero attached hydrogens (tertiary/aromatic N) is 1.